The fraction of sp³-hybridized carbons (Fsp3) is 0.263. The van der Waals surface area contributed by atoms with Crippen LogP contribution < -0.4 is 19.7 Å². The van der Waals surface area contributed by atoms with Crippen molar-refractivity contribution in [2.45, 2.75) is 24.3 Å². The number of sulfonamides is 1. The van der Waals surface area contributed by atoms with Crippen molar-refractivity contribution in [3.05, 3.63) is 48.5 Å². The number of carbonyl (C=O) groups excluding carboxylic acids is 2. The fourth-order valence-electron chi connectivity index (χ4n) is 2.98. The van der Waals surface area contributed by atoms with Gasteiger partial charge in [-0.05, 0) is 55.0 Å². The number of carbonyl (C=O) groups is 2. The third kappa shape index (κ3) is 4.32. The molecule has 0 aromatic heterocycles. The van der Waals surface area contributed by atoms with Crippen molar-refractivity contribution in [2.24, 2.45) is 0 Å². The Kier molecular flexibility index (Phi) is 5.66. The molecule has 2 amide bonds. The monoisotopic (exact) mass is 403 g/mol. The lowest BCUT2D eigenvalue weighted by molar-refractivity contribution is -0.118. The van der Waals surface area contributed by atoms with Gasteiger partial charge in [-0.1, -0.05) is 0 Å². The Bertz CT molecular complexity index is 972. The number of amides is 2. The molecule has 148 valence electrons. The zero-order valence-corrected chi connectivity index (χ0v) is 16.3. The van der Waals surface area contributed by atoms with E-state index in [2.05, 4.69) is 10.0 Å². The summed E-state index contributed by atoms with van der Waals surface area (Å²) in [4.78, 5) is 25.3. The summed E-state index contributed by atoms with van der Waals surface area (Å²) in [6.45, 7) is 1.78. The molecule has 0 radical (unpaired) electrons. The maximum Gasteiger partial charge on any atom is 0.245 e. The molecule has 1 aliphatic heterocycles. The zero-order chi connectivity index (χ0) is 20.3. The van der Waals surface area contributed by atoms with Crippen LogP contribution in [-0.2, 0) is 19.6 Å². The predicted octanol–water partition coefficient (Wildman–Crippen LogP) is 1.74. The van der Waals surface area contributed by atoms with Crippen molar-refractivity contribution in [1.82, 2.24) is 4.72 Å². The van der Waals surface area contributed by atoms with Crippen molar-refractivity contribution in [3.8, 4) is 5.75 Å². The van der Waals surface area contributed by atoms with Crippen LogP contribution >= 0.6 is 0 Å². The molecule has 1 aliphatic rings. The van der Waals surface area contributed by atoms with E-state index in [0.29, 0.717) is 30.1 Å². The molecule has 1 heterocycles. The molecule has 28 heavy (non-hydrogen) atoms. The first kappa shape index (κ1) is 19.8. The minimum absolute atomic E-state index is 0.0253. The Morgan fingerprint density at radius 2 is 1.75 bits per heavy atom. The number of nitrogens with one attached hydrogen (secondary N) is 2. The van der Waals surface area contributed by atoms with Crippen molar-refractivity contribution < 1.29 is 22.7 Å². The quantitative estimate of drug-likeness (QED) is 0.764. The smallest absolute Gasteiger partial charge is 0.245 e. The number of benzene rings is 2. The lowest BCUT2D eigenvalue weighted by atomic mass is 10.2. The molecule has 1 unspecified atom stereocenters. The third-order valence-corrected chi connectivity index (χ3v) is 5.86. The highest BCUT2D eigenvalue weighted by Crippen LogP contribution is 2.25. The molecule has 1 atom stereocenters. The van der Waals surface area contributed by atoms with Crippen LogP contribution in [0.25, 0.3) is 0 Å². The normalized spacial score (nSPS) is 16.9. The van der Waals surface area contributed by atoms with E-state index in [1.54, 1.807) is 36.3 Å². The molecular weight excluding hydrogens is 382 g/mol. The highest BCUT2D eigenvalue weighted by Gasteiger charge is 2.35. The summed E-state index contributed by atoms with van der Waals surface area (Å²) in [6.07, 6.45) is 0.369. The number of hydrogen-bond acceptors (Lipinski definition) is 5. The van der Waals surface area contributed by atoms with Crippen LogP contribution in [0.4, 0.5) is 11.4 Å². The molecule has 0 aliphatic carbocycles. The molecule has 3 rings (SSSR count). The second-order valence-corrected chi connectivity index (χ2v) is 8.07. The molecular formula is C19H21N3O5S. The minimum atomic E-state index is -3.87. The second kappa shape index (κ2) is 7.99. The van der Waals surface area contributed by atoms with Gasteiger partial charge in [-0.3, -0.25) is 9.59 Å². The van der Waals surface area contributed by atoms with Gasteiger partial charge in [0.1, 0.15) is 11.8 Å². The van der Waals surface area contributed by atoms with Crippen LogP contribution in [0.5, 0.6) is 5.75 Å². The first-order valence-corrected chi connectivity index (χ1v) is 10.1. The molecule has 0 bridgehead atoms. The van der Waals surface area contributed by atoms with Gasteiger partial charge in [-0.2, -0.15) is 4.72 Å². The summed E-state index contributed by atoms with van der Waals surface area (Å²) in [5.74, 6) is 0.128. The Balaban J connectivity index is 1.70. The minimum Gasteiger partial charge on any atom is -0.497 e. The number of rotatable bonds is 6. The van der Waals surface area contributed by atoms with Crippen molar-refractivity contribution in [1.29, 1.82) is 0 Å². The lowest BCUT2D eigenvalue weighted by Gasteiger charge is -2.17. The maximum atomic E-state index is 12.7. The molecule has 1 fully saturated rings. The summed E-state index contributed by atoms with van der Waals surface area (Å²) >= 11 is 0. The highest BCUT2D eigenvalue weighted by atomic mass is 32.2. The van der Waals surface area contributed by atoms with Crippen molar-refractivity contribution >= 4 is 33.2 Å². The Hall–Kier alpha value is -2.91. The summed E-state index contributed by atoms with van der Waals surface area (Å²) < 4.78 is 32.8. The van der Waals surface area contributed by atoms with Crippen LogP contribution in [0.3, 0.4) is 0 Å². The van der Waals surface area contributed by atoms with Crippen LogP contribution in [0, 0.1) is 0 Å². The topological polar surface area (TPSA) is 105 Å². The van der Waals surface area contributed by atoms with Gasteiger partial charge >= 0.3 is 0 Å². The maximum absolute atomic E-state index is 12.7. The second-order valence-electron chi connectivity index (χ2n) is 6.36. The SMILES string of the molecule is COc1ccc(N2CCC(NS(=O)(=O)c3ccc(NC(C)=O)cc3)C2=O)cc1. The zero-order valence-electron chi connectivity index (χ0n) is 15.5. The summed E-state index contributed by atoms with van der Waals surface area (Å²) in [5.41, 5.74) is 1.18. The molecule has 8 nitrogen and oxygen atoms in total. The fourth-order valence-corrected chi connectivity index (χ4v) is 4.21. The van der Waals surface area contributed by atoms with Gasteiger partial charge < -0.3 is 15.0 Å². The van der Waals surface area contributed by atoms with Crippen LogP contribution in [0.1, 0.15) is 13.3 Å². The molecule has 0 spiro atoms. The molecule has 1 saturated heterocycles. The van der Waals surface area contributed by atoms with Gasteiger partial charge in [0.05, 0.1) is 12.0 Å². The van der Waals surface area contributed by atoms with Crippen LogP contribution in [-0.4, -0.2) is 39.9 Å². The number of methoxy groups -OCH3 is 1. The van der Waals surface area contributed by atoms with Crippen molar-refractivity contribution in [3.63, 3.8) is 0 Å². The van der Waals surface area contributed by atoms with E-state index >= 15 is 0 Å². The molecule has 2 N–H and O–H groups in total. The average Bonchev–Trinajstić information content (AvgIpc) is 3.01. The summed E-state index contributed by atoms with van der Waals surface area (Å²) in [5, 5.41) is 2.57. The number of anilines is 2. The van der Waals surface area contributed by atoms with Gasteiger partial charge in [-0.25, -0.2) is 8.42 Å². The molecule has 2 aromatic rings. The van der Waals surface area contributed by atoms with E-state index in [0.717, 1.165) is 0 Å². The van der Waals surface area contributed by atoms with Gasteiger partial charge in [0.2, 0.25) is 21.8 Å². The van der Waals surface area contributed by atoms with Gasteiger partial charge in [0.25, 0.3) is 0 Å². The van der Waals surface area contributed by atoms with E-state index in [9.17, 15) is 18.0 Å². The van der Waals surface area contributed by atoms with E-state index < -0.39 is 16.1 Å². The number of nitrogens with zero attached hydrogens (tertiary/aromatic N) is 1. The third-order valence-electron chi connectivity index (χ3n) is 4.37. The van der Waals surface area contributed by atoms with Gasteiger partial charge in [-0.15, -0.1) is 0 Å². The van der Waals surface area contributed by atoms with Gasteiger partial charge in [0.15, 0.2) is 0 Å². The Morgan fingerprint density at radius 1 is 1.11 bits per heavy atom. The van der Waals surface area contributed by atoms with Crippen molar-refractivity contribution in [2.75, 3.05) is 23.9 Å². The molecule has 0 saturated carbocycles. The van der Waals surface area contributed by atoms with Crippen LogP contribution in [0.2, 0.25) is 0 Å². The largest absolute Gasteiger partial charge is 0.497 e. The van der Waals surface area contributed by atoms with Gasteiger partial charge in [0, 0.05) is 24.8 Å². The number of hydrogen-bond donors (Lipinski definition) is 2. The Morgan fingerprint density at radius 3 is 2.32 bits per heavy atom. The Labute approximate surface area is 163 Å². The van der Waals surface area contributed by atoms with E-state index in [1.165, 1.54) is 31.2 Å². The molecule has 9 heteroatoms. The first-order chi connectivity index (χ1) is 13.3. The van der Waals surface area contributed by atoms with E-state index in [4.69, 9.17) is 4.74 Å². The number of ether oxygens (including phenoxy) is 1. The predicted molar refractivity (Wildman–Crippen MR) is 105 cm³/mol. The summed E-state index contributed by atoms with van der Waals surface area (Å²) in [6, 6.07) is 11.9. The lowest BCUT2D eigenvalue weighted by Crippen LogP contribution is -2.41. The van der Waals surface area contributed by atoms with E-state index in [1.807, 2.05) is 0 Å². The highest BCUT2D eigenvalue weighted by molar-refractivity contribution is 7.89. The standard InChI is InChI=1S/C19H21N3O5S/c1-13(23)20-14-3-9-17(10-4-14)28(25,26)21-18-11-12-22(19(18)24)15-5-7-16(27-2)8-6-15/h3-10,18,21H,11-12H2,1-2H3,(H,20,23). The average molecular weight is 403 g/mol. The first-order valence-electron chi connectivity index (χ1n) is 8.65. The van der Waals surface area contributed by atoms with E-state index in [-0.39, 0.29) is 16.7 Å². The summed E-state index contributed by atoms with van der Waals surface area (Å²) in [7, 11) is -2.31. The van der Waals surface area contributed by atoms with Crippen LogP contribution in [0.15, 0.2) is 53.4 Å². The molecule has 2 aromatic carbocycles.